The van der Waals surface area contributed by atoms with Gasteiger partial charge in [0.15, 0.2) is 0 Å². The molecule has 7 heteroatoms. The van der Waals surface area contributed by atoms with Crippen molar-refractivity contribution in [3.63, 3.8) is 0 Å². The smallest absolute Gasteiger partial charge is 0.206 e. The van der Waals surface area contributed by atoms with Gasteiger partial charge in [-0.15, -0.1) is 0 Å². The maximum Gasteiger partial charge on any atom is 0.422 e. The zero-order valence-corrected chi connectivity index (χ0v) is 18.3. The van der Waals surface area contributed by atoms with E-state index in [9.17, 15) is 30.7 Å². The number of aryl methyl sites for hydroxylation is 1. The number of rotatable bonds is 3. The van der Waals surface area contributed by atoms with Crippen LogP contribution in [0, 0.1) is 47.0 Å². The van der Waals surface area contributed by atoms with E-state index >= 15 is 0 Å². The maximum absolute atomic E-state index is 14.4. The van der Waals surface area contributed by atoms with E-state index in [1.165, 1.54) is 18.2 Å². The van der Waals surface area contributed by atoms with Gasteiger partial charge in [-0.05, 0) is 67.8 Å². The number of alkyl halides is 3. The zero-order valence-electron chi connectivity index (χ0n) is 18.3. The van der Waals surface area contributed by atoms with Gasteiger partial charge in [0.1, 0.15) is 28.8 Å². The topological polar surface area (TPSA) is 0 Å². The molecule has 3 rings (SSSR count). The van der Waals surface area contributed by atoms with Crippen LogP contribution in [-0.4, -0.2) is 0 Å². The molecular weight excluding hydrogens is 469 g/mol. The van der Waals surface area contributed by atoms with Gasteiger partial charge in [0.05, 0.1) is 11.1 Å². The van der Waals surface area contributed by atoms with E-state index in [1.807, 2.05) is 19.1 Å². The van der Waals surface area contributed by atoms with Crippen molar-refractivity contribution < 1.29 is 30.7 Å². The summed E-state index contributed by atoms with van der Waals surface area (Å²) in [6, 6.07) is 9.29. The second-order valence-electron chi connectivity index (χ2n) is 7.43. The maximum atomic E-state index is 14.4. The average molecular weight is 486 g/mol. The van der Waals surface area contributed by atoms with Crippen LogP contribution in [0.3, 0.4) is 0 Å². The van der Waals surface area contributed by atoms with E-state index in [2.05, 4.69) is 23.7 Å². The molecule has 0 aromatic heterocycles. The van der Waals surface area contributed by atoms with Crippen molar-refractivity contribution in [1.82, 2.24) is 0 Å². The standard InChI is InChI=1S/C28H17F7/c1-2-3-4-5-18-6-10-21(23(29)14-18)11-7-19-8-12-22(24(30)15-19)13-9-20-16-25(31)27(26(32)17-20)28(33,34)35/h2-3,6,8,10,12,14-17H,4-5H2,1H3/b3-2+. The molecule has 0 N–H and O–H groups in total. The Balaban J connectivity index is 1.78. The third-order valence-corrected chi connectivity index (χ3v) is 4.85. The lowest BCUT2D eigenvalue weighted by atomic mass is 10.1. The van der Waals surface area contributed by atoms with Crippen molar-refractivity contribution in [2.24, 2.45) is 0 Å². The van der Waals surface area contributed by atoms with Crippen molar-refractivity contribution in [2.45, 2.75) is 25.9 Å². The molecule has 0 heterocycles. The van der Waals surface area contributed by atoms with E-state index in [4.69, 9.17) is 0 Å². The van der Waals surface area contributed by atoms with Gasteiger partial charge < -0.3 is 0 Å². The minimum Gasteiger partial charge on any atom is -0.206 e. The molecule has 0 amide bonds. The van der Waals surface area contributed by atoms with E-state index in [0.29, 0.717) is 18.6 Å². The third kappa shape index (κ3) is 6.77. The summed E-state index contributed by atoms with van der Waals surface area (Å²) in [6.45, 7) is 1.91. The van der Waals surface area contributed by atoms with E-state index in [0.717, 1.165) is 18.1 Å². The van der Waals surface area contributed by atoms with Crippen molar-refractivity contribution in [1.29, 1.82) is 0 Å². The molecule has 35 heavy (non-hydrogen) atoms. The first-order valence-electron chi connectivity index (χ1n) is 10.4. The molecule has 0 bridgehead atoms. The van der Waals surface area contributed by atoms with Crippen molar-refractivity contribution in [3.8, 4) is 23.7 Å². The Morgan fingerprint density at radius 2 is 1.23 bits per heavy atom. The minimum atomic E-state index is -5.19. The predicted molar refractivity (Wildman–Crippen MR) is 119 cm³/mol. The summed E-state index contributed by atoms with van der Waals surface area (Å²) < 4.78 is 94.0. The van der Waals surface area contributed by atoms with Gasteiger partial charge in [-0.25, -0.2) is 17.6 Å². The van der Waals surface area contributed by atoms with Crippen LogP contribution in [0.1, 0.15) is 46.7 Å². The predicted octanol–water partition coefficient (Wildman–Crippen LogP) is 7.57. The molecule has 3 aromatic rings. The Morgan fingerprint density at radius 3 is 1.77 bits per heavy atom. The van der Waals surface area contributed by atoms with Crippen LogP contribution in [0.15, 0.2) is 60.7 Å². The number of hydrogen-bond donors (Lipinski definition) is 0. The zero-order chi connectivity index (χ0) is 25.6. The largest absolute Gasteiger partial charge is 0.422 e. The number of hydrogen-bond acceptors (Lipinski definition) is 0. The first-order chi connectivity index (χ1) is 16.6. The SMILES string of the molecule is C/C=C/CCc1ccc(C#Cc2ccc(C#Cc3cc(F)c(C(F)(F)F)c(F)c3)c(F)c2)c(F)c1. The number of allylic oxidation sites excluding steroid dienone is 2. The average Bonchev–Trinajstić information content (AvgIpc) is 2.76. The van der Waals surface area contributed by atoms with Crippen LogP contribution >= 0.6 is 0 Å². The van der Waals surface area contributed by atoms with Crippen LogP contribution < -0.4 is 0 Å². The van der Waals surface area contributed by atoms with Gasteiger partial charge in [0.2, 0.25) is 0 Å². The molecule has 0 atom stereocenters. The van der Waals surface area contributed by atoms with Crippen molar-refractivity contribution in [3.05, 3.63) is 117 Å². The van der Waals surface area contributed by atoms with E-state index in [-0.39, 0.29) is 22.3 Å². The van der Waals surface area contributed by atoms with Crippen LogP contribution in [0.4, 0.5) is 30.7 Å². The molecule has 3 aromatic carbocycles. The molecule has 0 radical (unpaired) electrons. The lowest BCUT2D eigenvalue weighted by Crippen LogP contribution is -2.11. The molecule has 0 spiro atoms. The molecule has 0 nitrogen and oxygen atoms in total. The highest BCUT2D eigenvalue weighted by atomic mass is 19.4. The second-order valence-corrected chi connectivity index (χ2v) is 7.43. The van der Waals surface area contributed by atoms with Gasteiger partial charge in [0, 0.05) is 11.1 Å². The Hall–Kier alpha value is -3.97. The highest BCUT2D eigenvalue weighted by molar-refractivity contribution is 5.49. The van der Waals surface area contributed by atoms with Crippen LogP contribution in [0.5, 0.6) is 0 Å². The fourth-order valence-electron chi connectivity index (χ4n) is 3.12. The summed E-state index contributed by atoms with van der Waals surface area (Å²) in [5, 5.41) is 0. The second kappa shape index (κ2) is 11.0. The fraction of sp³-hybridized carbons (Fsp3) is 0.143. The lowest BCUT2D eigenvalue weighted by Gasteiger charge is -2.09. The monoisotopic (exact) mass is 486 g/mol. The first kappa shape index (κ1) is 25.6. The van der Waals surface area contributed by atoms with Crippen molar-refractivity contribution in [2.75, 3.05) is 0 Å². The molecule has 0 fully saturated rings. The Labute approximate surface area is 198 Å². The fourth-order valence-corrected chi connectivity index (χ4v) is 3.12. The Morgan fingerprint density at radius 1 is 0.686 bits per heavy atom. The van der Waals surface area contributed by atoms with Gasteiger partial charge in [-0.1, -0.05) is 41.9 Å². The summed E-state index contributed by atoms with van der Waals surface area (Å²) in [5.41, 5.74) is -1.36. The van der Waals surface area contributed by atoms with Gasteiger partial charge in [-0.2, -0.15) is 13.2 Å². The third-order valence-electron chi connectivity index (χ3n) is 4.85. The molecule has 0 unspecified atom stereocenters. The van der Waals surface area contributed by atoms with Gasteiger partial charge in [-0.3, -0.25) is 0 Å². The summed E-state index contributed by atoms with van der Waals surface area (Å²) in [4.78, 5) is 0. The molecule has 0 aliphatic rings. The molecular formula is C28H17F7. The Bertz CT molecular complexity index is 1370. The van der Waals surface area contributed by atoms with E-state index in [1.54, 1.807) is 12.1 Å². The molecule has 0 aliphatic heterocycles. The highest BCUT2D eigenvalue weighted by Gasteiger charge is 2.37. The summed E-state index contributed by atoms with van der Waals surface area (Å²) in [5.74, 6) is 4.94. The first-order valence-corrected chi connectivity index (χ1v) is 10.4. The summed E-state index contributed by atoms with van der Waals surface area (Å²) in [7, 11) is 0. The molecule has 0 saturated heterocycles. The number of halogens is 7. The quantitative estimate of drug-likeness (QED) is 0.204. The van der Waals surface area contributed by atoms with Crippen LogP contribution in [-0.2, 0) is 12.6 Å². The minimum absolute atomic E-state index is 0.149. The molecule has 178 valence electrons. The van der Waals surface area contributed by atoms with Gasteiger partial charge in [0.25, 0.3) is 0 Å². The lowest BCUT2D eigenvalue weighted by molar-refractivity contribution is -0.142. The number of benzene rings is 3. The summed E-state index contributed by atoms with van der Waals surface area (Å²) in [6.07, 6.45) is 0.182. The van der Waals surface area contributed by atoms with Crippen molar-refractivity contribution >= 4 is 0 Å². The summed E-state index contributed by atoms with van der Waals surface area (Å²) >= 11 is 0. The Kier molecular flexibility index (Phi) is 8.04. The van der Waals surface area contributed by atoms with E-state index < -0.39 is 35.0 Å². The van der Waals surface area contributed by atoms with Gasteiger partial charge >= 0.3 is 6.18 Å². The normalized spacial score (nSPS) is 11.1. The molecule has 0 aliphatic carbocycles. The molecule has 0 saturated carbocycles. The highest BCUT2D eigenvalue weighted by Crippen LogP contribution is 2.33. The van der Waals surface area contributed by atoms with Crippen LogP contribution in [0.25, 0.3) is 0 Å². The van der Waals surface area contributed by atoms with Crippen LogP contribution in [0.2, 0.25) is 0 Å².